The lowest BCUT2D eigenvalue weighted by Crippen LogP contribution is -2.55. The molecule has 0 aliphatic carbocycles. The molecule has 2 atom stereocenters. The first-order valence-electron chi connectivity index (χ1n) is 7.99. The van der Waals surface area contributed by atoms with Gasteiger partial charge in [0.05, 0.1) is 0 Å². The zero-order valence-corrected chi connectivity index (χ0v) is 14.3. The maximum absolute atomic E-state index is 12.7. The van der Waals surface area contributed by atoms with Crippen LogP contribution in [0.15, 0.2) is 24.3 Å². The molecular weight excluding hydrogens is 314 g/mol. The molecule has 1 aromatic rings. The number of piperidine rings is 1. The van der Waals surface area contributed by atoms with Crippen LogP contribution in [0, 0.1) is 5.92 Å². The van der Waals surface area contributed by atoms with Crippen molar-refractivity contribution in [3.63, 3.8) is 0 Å². The highest BCUT2D eigenvalue weighted by atomic mass is 35.5. The fourth-order valence-corrected chi connectivity index (χ4v) is 2.87. The van der Waals surface area contributed by atoms with E-state index >= 15 is 0 Å². The number of carbonyl (C=O) groups is 2. The van der Waals surface area contributed by atoms with Gasteiger partial charge < -0.3 is 16.0 Å². The Kier molecular flexibility index (Phi) is 6.02. The van der Waals surface area contributed by atoms with Crippen molar-refractivity contribution in [2.75, 3.05) is 13.1 Å². The monoisotopic (exact) mass is 337 g/mol. The van der Waals surface area contributed by atoms with Crippen LogP contribution in [0.4, 0.5) is 0 Å². The summed E-state index contributed by atoms with van der Waals surface area (Å²) in [7, 11) is 0. The van der Waals surface area contributed by atoms with E-state index in [-0.39, 0.29) is 23.8 Å². The van der Waals surface area contributed by atoms with E-state index in [0.29, 0.717) is 23.7 Å². The molecular formula is C17H24ClN3O2. The first-order valence-corrected chi connectivity index (χ1v) is 8.37. The number of halogens is 1. The van der Waals surface area contributed by atoms with Gasteiger partial charge in [-0.3, -0.25) is 9.59 Å². The maximum Gasteiger partial charge on any atom is 0.251 e. The summed E-state index contributed by atoms with van der Waals surface area (Å²) in [6, 6.07) is 6.08. The third kappa shape index (κ3) is 4.69. The van der Waals surface area contributed by atoms with Crippen molar-refractivity contribution in [3.8, 4) is 0 Å². The second-order valence-electron chi connectivity index (χ2n) is 6.39. The number of hydrogen-bond acceptors (Lipinski definition) is 3. The molecule has 1 heterocycles. The molecule has 0 aromatic heterocycles. The van der Waals surface area contributed by atoms with Crippen molar-refractivity contribution in [3.05, 3.63) is 34.9 Å². The third-order valence-electron chi connectivity index (χ3n) is 4.10. The first-order chi connectivity index (χ1) is 10.9. The van der Waals surface area contributed by atoms with E-state index in [1.807, 2.05) is 13.8 Å². The summed E-state index contributed by atoms with van der Waals surface area (Å²) < 4.78 is 0. The minimum absolute atomic E-state index is 0.00287. The van der Waals surface area contributed by atoms with E-state index in [0.717, 1.165) is 12.8 Å². The first kappa shape index (κ1) is 17.8. The molecule has 126 valence electrons. The van der Waals surface area contributed by atoms with Crippen LogP contribution in [0.3, 0.4) is 0 Å². The molecule has 5 nitrogen and oxygen atoms in total. The summed E-state index contributed by atoms with van der Waals surface area (Å²) in [6.45, 7) is 5.11. The lowest BCUT2D eigenvalue weighted by atomic mass is 9.99. The molecule has 1 aromatic carbocycles. The highest BCUT2D eigenvalue weighted by Crippen LogP contribution is 2.14. The maximum atomic E-state index is 12.7. The van der Waals surface area contributed by atoms with Crippen LogP contribution in [-0.2, 0) is 4.79 Å². The Morgan fingerprint density at radius 1 is 1.30 bits per heavy atom. The van der Waals surface area contributed by atoms with E-state index in [4.69, 9.17) is 17.3 Å². The predicted octanol–water partition coefficient (Wildman–Crippen LogP) is 2.04. The number of rotatable bonds is 4. The Bertz CT molecular complexity index is 559. The molecule has 2 rings (SSSR count). The minimum Gasteiger partial charge on any atom is -0.340 e. The van der Waals surface area contributed by atoms with Crippen LogP contribution < -0.4 is 11.1 Å². The molecule has 23 heavy (non-hydrogen) atoms. The zero-order valence-electron chi connectivity index (χ0n) is 13.6. The van der Waals surface area contributed by atoms with Crippen LogP contribution in [0.2, 0.25) is 5.02 Å². The van der Waals surface area contributed by atoms with Crippen LogP contribution in [-0.4, -0.2) is 41.9 Å². The number of amides is 2. The number of benzene rings is 1. The quantitative estimate of drug-likeness (QED) is 0.882. The lowest BCUT2D eigenvalue weighted by Gasteiger charge is -2.34. The van der Waals surface area contributed by atoms with Crippen molar-refractivity contribution in [2.24, 2.45) is 11.7 Å². The molecule has 0 saturated carbocycles. The molecule has 0 spiro atoms. The van der Waals surface area contributed by atoms with Crippen molar-refractivity contribution >= 4 is 23.4 Å². The van der Waals surface area contributed by atoms with Gasteiger partial charge in [0.15, 0.2) is 0 Å². The van der Waals surface area contributed by atoms with Crippen molar-refractivity contribution in [1.29, 1.82) is 0 Å². The summed E-state index contributed by atoms with van der Waals surface area (Å²) in [6.07, 6.45) is 1.84. The molecule has 2 unspecified atom stereocenters. The number of likely N-dealkylation sites (tertiary alicyclic amines) is 1. The molecule has 0 radical (unpaired) electrons. The minimum atomic E-state index is -0.552. The van der Waals surface area contributed by atoms with Gasteiger partial charge in [-0.05, 0) is 43.0 Å². The number of carbonyl (C=O) groups excluding carboxylic acids is 2. The molecule has 1 saturated heterocycles. The Hall–Kier alpha value is -1.59. The van der Waals surface area contributed by atoms with E-state index in [2.05, 4.69) is 5.32 Å². The van der Waals surface area contributed by atoms with Gasteiger partial charge in [0.2, 0.25) is 5.91 Å². The average Bonchev–Trinajstić information content (AvgIpc) is 2.52. The van der Waals surface area contributed by atoms with Crippen molar-refractivity contribution in [2.45, 2.75) is 38.8 Å². The molecule has 3 N–H and O–H groups in total. The second-order valence-corrected chi connectivity index (χ2v) is 6.83. The lowest BCUT2D eigenvalue weighted by molar-refractivity contribution is -0.135. The summed E-state index contributed by atoms with van der Waals surface area (Å²) in [5.74, 6) is -0.329. The van der Waals surface area contributed by atoms with Crippen LogP contribution in [0.25, 0.3) is 0 Å². The fourth-order valence-electron chi connectivity index (χ4n) is 2.75. The Morgan fingerprint density at radius 3 is 2.52 bits per heavy atom. The van der Waals surface area contributed by atoms with Crippen LogP contribution in [0.1, 0.15) is 37.0 Å². The van der Waals surface area contributed by atoms with E-state index in [9.17, 15) is 9.59 Å². The Morgan fingerprint density at radius 2 is 1.96 bits per heavy atom. The van der Waals surface area contributed by atoms with Gasteiger partial charge in [-0.2, -0.15) is 0 Å². The van der Waals surface area contributed by atoms with Gasteiger partial charge in [0.25, 0.3) is 5.91 Å². The fraction of sp³-hybridized carbons (Fsp3) is 0.529. The smallest absolute Gasteiger partial charge is 0.251 e. The third-order valence-corrected chi connectivity index (χ3v) is 4.35. The number of hydrogen-bond donors (Lipinski definition) is 2. The molecule has 0 bridgehead atoms. The zero-order chi connectivity index (χ0) is 17.0. The van der Waals surface area contributed by atoms with Gasteiger partial charge in [-0.15, -0.1) is 0 Å². The van der Waals surface area contributed by atoms with E-state index in [1.54, 1.807) is 29.2 Å². The average molecular weight is 338 g/mol. The molecule has 2 amide bonds. The van der Waals surface area contributed by atoms with Gasteiger partial charge in [-0.25, -0.2) is 0 Å². The van der Waals surface area contributed by atoms with Gasteiger partial charge in [0.1, 0.15) is 6.04 Å². The van der Waals surface area contributed by atoms with Gasteiger partial charge in [0, 0.05) is 29.7 Å². The number of nitrogens with zero attached hydrogens (tertiary/aromatic N) is 1. The van der Waals surface area contributed by atoms with Crippen molar-refractivity contribution in [1.82, 2.24) is 10.2 Å². The van der Waals surface area contributed by atoms with Crippen LogP contribution in [0.5, 0.6) is 0 Å². The number of nitrogens with one attached hydrogen (secondary N) is 1. The van der Waals surface area contributed by atoms with E-state index < -0.39 is 6.04 Å². The SMILES string of the molecule is CC(C)C(NC(=O)c1ccc(Cl)cc1)C(=O)N1CCCC(N)C1. The molecule has 1 aliphatic rings. The van der Waals surface area contributed by atoms with Crippen LogP contribution >= 0.6 is 11.6 Å². The van der Waals surface area contributed by atoms with Gasteiger partial charge >= 0.3 is 0 Å². The Labute approximate surface area is 142 Å². The summed E-state index contributed by atoms with van der Waals surface area (Å²) in [5.41, 5.74) is 6.44. The highest BCUT2D eigenvalue weighted by Gasteiger charge is 2.31. The number of nitrogens with two attached hydrogens (primary N) is 1. The largest absolute Gasteiger partial charge is 0.340 e. The summed E-state index contributed by atoms with van der Waals surface area (Å²) >= 11 is 5.83. The van der Waals surface area contributed by atoms with E-state index in [1.165, 1.54) is 0 Å². The standard InChI is InChI=1S/C17H24ClN3O2/c1-11(2)15(17(23)21-9-3-4-14(19)10-21)20-16(22)12-5-7-13(18)8-6-12/h5-8,11,14-15H,3-4,9-10,19H2,1-2H3,(H,20,22). The molecule has 6 heteroatoms. The van der Waals surface area contributed by atoms with Gasteiger partial charge in [-0.1, -0.05) is 25.4 Å². The second kappa shape index (κ2) is 7.79. The Balaban J connectivity index is 2.07. The highest BCUT2D eigenvalue weighted by molar-refractivity contribution is 6.30. The van der Waals surface area contributed by atoms with Crippen molar-refractivity contribution < 1.29 is 9.59 Å². The summed E-state index contributed by atoms with van der Waals surface area (Å²) in [4.78, 5) is 26.9. The molecule has 1 aliphatic heterocycles. The predicted molar refractivity (Wildman–Crippen MR) is 91.3 cm³/mol. The summed E-state index contributed by atoms with van der Waals surface area (Å²) in [5, 5.41) is 3.42. The molecule has 1 fully saturated rings. The normalized spacial score (nSPS) is 19.5. The topological polar surface area (TPSA) is 75.4 Å².